The average Bonchev–Trinajstić information content (AvgIpc) is 2.36. The minimum absolute atomic E-state index is 0.210. The van der Waals surface area contributed by atoms with Gasteiger partial charge in [0.1, 0.15) is 0 Å². The molecule has 1 N–H and O–H groups in total. The molecule has 1 amide bonds. The fraction of sp³-hybridized carbons (Fsp3) is 0.750. The number of ether oxygens (including phenoxy) is 1. The maximum Gasteiger partial charge on any atom is 0.407 e. The molecule has 0 spiro atoms. The van der Waals surface area contributed by atoms with Gasteiger partial charge >= 0.3 is 6.09 Å². The van der Waals surface area contributed by atoms with E-state index in [0.717, 1.165) is 19.5 Å². The van der Waals surface area contributed by atoms with Crippen molar-refractivity contribution in [1.82, 2.24) is 10.2 Å². The van der Waals surface area contributed by atoms with Crippen molar-refractivity contribution in [3.05, 3.63) is 7.05 Å². The smallest absolute Gasteiger partial charge is 0.407 e. The molecule has 1 heterocycles. The monoisotopic (exact) mass is 171 g/mol. The van der Waals surface area contributed by atoms with E-state index < -0.39 is 0 Å². The molecule has 0 unspecified atom stereocenters. The predicted molar refractivity (Wildman–Crippen MR) is 45.5 cm³/mol. The summed E-state index contributed by atoms with van der Waals surface area (Å²) in [5, 5.41) is 2.77. The van der Waals surface area contributed by atoms with E-state index in [1.165, 1.54) is 0 Å². The predicted octanol–water partition coefficient (Wildman–Crippen LogP) is 0.598. The Morgan fingerprint density at radius 2 is 2.58 bits per heavy atom. The zero-order valence-electron chi connectivity index (χ0n) is 7.38. The van der Waals surface area contributed by atoms with Crippen molar-refractivity contribution in [1.29, 1.82) is 0 Å². The maximum absolute atomic E-state index is 10.9. The highest BCUT2D eigenvalue weighted by molar-refractivity contribution is 5.67. The number of carbonyl (C=O) groups is 1. The Balaban J connectivity index is 2.18. The molecule has 0 aromatic rings. The van der Waals surface area contributed by atoms with Crippen molar-refractivity contribution >= 4 is 6.09 Å². The zero-order valence-corrected chi connectivity index (χ0v) is 7.38. The molecular formula is C8H15N2O2-. The highest BCUT2D eigenvalue weighted by atomic mass is 16.5. The molecule has 0 bridgehead atoms. The van der Waals surface area contributed by atoms with Crippen LogP contribution in [-0.2, 0) is 4.74 Å². The molecule has 1 aliphatic rings. The summed E-state index contributed by atoms with van der Waals surface area (Å²) in [5.41, 5.74) is 0. The summed E-state index contributed by atoms with van der Waals surface area (Å²) in [6, 6.07) is 0.210. The van der Waals surface area contributed by atoms with Gasteiger partial charge in [-0.2, -0.15) is 0 Å². The van der Waals surface area contributed by atoms with Crippen molar-refractivity contribution in [2.45, 2.75) is 19.4 Å². The van der Waals surface area contributed by atoms with E-state index in [4.69, 9.17) is 4.74 Å². The molecule has 1 rings (SSSR count). The normalized spacial score (nSPS) is 24.0. The first-order chi connectivity index (χ1) is 5.72. The number of rotatable bonds is 2. The minimum atomic E-state index is -0.321. The molecule has 0 saturated carbocycles. The van der Waals surface area contributed by atoms with Crippen LogP contribution < -0.4 is 5.32 Å². The number of likely N-dealkylation sites (tertiary alicyclic amines) is 1. The Morgan fingerprint density at radius 3 is 3.08 bits per heavy atom. The minimum Gasteiger partial charge on any atom is -0.457 e. The van der Waals surface area contributed by atoms with E-state index in [0.29, 0.717) is 6.61 Å². The summed E-state index contributed by atoms with van der Waals surface area (Å²) >= 11 is 0. The highest BCUT2D eigenvalue weighted by Gasteiger charge is 2.17. The van der Waals surface area contributed by atoms with Gasteiger partial charge in [0.05, 0.1) is 6.61 Å². The van der Waals surface area contributed by atoms with Crippen LogP contribution in [0.25, 0.3) is 0 Å². The van der Waals surface area contributed by atoms with Crippen LogP contribution in [0.2, 0.25) is 0 Å². The molecule has 4 nitrogen and oxygen atoms in total. The van der Waals surface area contributed by atoms with Gasteiger partial charge in [-0.1, -0.05) is 0 Å². The topological polar surface area (TPSA) is 41.6 Å². The zero-order chi connectivity index (χ0) is 8.97. The third kappa shape index (κ3) is 2.70. The van der Waals surface area contributed by atoms with Crippen molar-refractivity contribution in [3.8, 4) is 0 Å². The van der Waals surface area contributed by atoms with Crippen molar-refractivity contribution in [3.63, 3.8) is 0 Å². The second-order valence-corrected chi connectivity index (χ2v) is 2.93. The molecule has 0 aromatic heterocycles. The molecule has 1 saturated heterocycles. The van der Waals surface area contributed by atoms with E-state index in [2.05, 4.69) is 12.4 Å². The third-order valence-corrected chi connectivity index (χ3v) is 1.87. The van der Waals surface area contributed by atoms with Crippen molar-refractivity contribution in [2.24, 2.45) is 0 Å². The van der Waals surface area contributed by atoms with Crippen LogP contribution in [0.3, 0.4) is 0 Å². The Labute approximate surface area is 72.9 Å². The molecule has 1 aliphatic heterocycles. The molecule has 12 heavy (non-hydrogen) atoms. The molecule has 1 fully saturated rings. The van der Waals surface area contributed by atoms with Crippen LogP contribution >= 0.6 is 0 Å². The largest absolute Gasteiger partial charge is 0.457 e. The molecular weight excluding hydrogens is 156 g/mol. The van der Waals surface area contributed by atoms with Crippen LogP contribution in [0, 0.1) is 7.05 Å². The number of nitrogens with one attached hydrogen (secondary N) is 1. The van der Waals surface area contributed by atoms with Gasteiger partial charge in [0, 0.05) is 6.04 Å². The van der Waals surface area contributed by atoms with E-state index in [1.54, 1.807) is 6.92 Å². The van der Waals surface area contributed by atoms with Gasteiger partial charge in [0.25, 0.3) is 0 Å². The number of hydrogen-bond donors (Lipinski definition) is 1. The van der Waals surface area contributed by atoms with Gasteiger partial charge in [0.2, 0.25) is 0 Å². The van der Waals surface area contributed by atoms with Gasteiger partial charge in [-0.25, -0.2) is 4.79 Å². The number of hydrogen-bond acceptors (Lipinski definition) is 3. The van der Waals surface area contributed by atoms with Crippen molar-refractivity contribution in [2.75, 3.05) is 19.7 Å². The van der Waals surface area contributed by atoms with Gasteiger partial charge < -0.3 is 15.0 Å². The maximum atomic E-state index is 10.9. The fourth-order valence-corrected chi connectivity index (χ4v) is 1.29. The second-order valence-electron chi connectivity index (χ2n) is 2.93. The second kappa shape index (κ2) is 4.30. The van der Waals surface area contributed by atoms with Gasteiger partial charge in [-0.05, 0) is 26.4 Å². The number of carbonyl (C=O) groups excluding carboxylic acids is 1. The first kappa shape index (κ1) is 9.32. The number of nitrogens with zero attached hydrogens (tertiary/aromatic N) is 1. The molecule has 1 atom stereocenters. The van der Waals surface area contributed by atoms with Crippen LogP contribution in [0.15, 0.2) is 0 Å². The van der Waals surface area contributed by atoms with E-state index in [-0.39, 0.29) is 12.1 Å². The van der Waals surface area contributed by atoms with Crippen LogP contribution in [0.1, 0.15) is 13.3 Å². The Hall–Kier alpha value is -0.770. The third-order valence-electron chi connectivity index (χ3n) is 1.87. The van der Waals surface area contributed by atoms with Crippen LogP contribution in [-0.4, -0.2) is 36.7 Å². The summed E-state index contributed by atoms with van der Waals surface area (Å²) in [6.07, 6.45) is 0.639. The average molecular weight is 171 g/mol. The lowest BCUT2D eigenvalue weighted by Crippen LogP contribution is -2.36. The molecule has 0 aromatic carbocycles. The number of alkyl carbamates (subject to hydrolysis) is 1. The molecule has 0 aliphatic carbocycles. The summed E-state index contributed by atoms with van der Waals surface area (Å²) in [5.74, 6) is 0. The summed E-state index contributed by atoms with van der Waals surface area (Å²) in [6.45, 7) is 3.98. The lowest BCUT2D eigenvalue weighted by molar-refractivity contribution is 0.148. The van der Waals surface area contributed by atoms with Crippen molar-refractivity contribution < 1.29 is 9.53 Å². The van der Waals surface area contributed by atoms with E-state index in [1.807, 2.05) is 4.90 Å². The van der Waals surface area contributed by atoms with E-state index in [9.17, 15) is 4.79 Å². The van der Waals surface area contributed by atoms with Gasteiger partial charge in [-0.15, -0.1) is 0 Å². The molecule has 0 radical (unpaired) electrons. The Morgan fingerprint density at radius 1 is 1.83 bits per heavy atom. The lowest BCUT2D eigenvalue weighted by atomic mass is 10.3. The standard InChI is InChI=1S/C8H15N2O2/c1-3-12-8(11)9-7-4-5-10(2)6-7/h7H,2-6H2,1H3,(H,9,11)/q-1/t7-/m0/s1. The summed E-state index contributed by atoms with van der Waals surface area (Å²) < 4.78 is 4.75. The van der Waals surface area contributed by atoms with Gasteiger partial charge in [0.15, 0.2) is 0 Å². The Kier molecular flexibility index (Phi) is 3.34. The first-order valence-electron chi connectivity index (χ1n) is 4.21. The van der Waals surface area contributed by atoms with Crippen LogP contribution in [0.4, 0.5) is 4.79 Å². The highest BCUT2D eigenvalue weighted by Crippen LogP contribution is 2.06. The fourth-order valence-electron chi connectivity index (χ4n) is 1.29. The lowest BCUT2D eigenvalue weighted by Gasteiger charge is -2.17. The SMILES string of the molecule is [CH2-]N1CC[C@H](NC(=O)OCC)C1. The Bertz CT molecular complexity index is 161. The summed E-state index contributed by atoms with van der Waals surface area (Å²) in [7, 11) is 3.78. The van der Waals surface area contributed by atoms with E-state index >= 15 is 0 Å². The molecule has 4 heteroatoms. The number of amides is 1. The first-order valence-corrected chi connectivity index (χ1v) is 4.21. The molecule has 70 valence electrons. The van der Waals surface area contributed by atoms with Crippen LogP contribution in [0.5, 0.6) is 0 Å². The summed E-state index contributed by atoms with van der Waals surface area (Å²) in [4.78, 5) is 12.9. The van der Waals surface area contributed by atoms with Gasteiger partial charge in [-0.3, -0.25) is 7.05 Å². The quantitative estimate of drug-likeness (QED) is 0.618.